The lowest BCUT2D eigenvalue weighted by Crippen LogP contribution is -2.54. The third-order valence-corrected chi connectivity index (χ3v) is 7.96. The van der Waals surface area contributed by atoms with Gasteiger partial charge in [-0.25, -0.2) is 4.79 Å². The second-order valence-electron chi connectivity index (χ2n) is 10.3. The third kappa shape index (κ3) is 5.71. The van der Waals surface area contributed by atoms with Crippen LogP contribution in [0.25, 0.3) is 0 Å². The van der Waals surface area contributed by atoms with Crippen LogP contribution in [0.3, 0.4) is 0 Å². The average Bonchev–Trinajstić information content (AvgIpc) is 3.52. The van der Waals surface area contributed by atoms with E-state index in [0.717, 1.165) is 30.1 Å². The van der Waals surface area contributed by atoms with E-state index < -0.39 is 18.1 Å². The average molecular weight is 518 g/mol. The van der Waals surface area contributed by atoms with Crippen LogP contribution in [0.15, 0.2) is 48.5 Å². The number of nitrogens with one attached hydrogen (secondary N) is 2. The van der Waals surface area contributed by atoms with Crippen molar-refractivity contribution < 1.29 is 22.7 Å². The Morgan fingerprint density at radius 1 is 1.05 bits per heavy atom. The van der Waals surface area contributed by atoms with Gasteiger partial charge in [-0.2, -0.15) is 13.2 Å². The number of piperidine rings is 1. The molecule has 0 aromatic heterocycles. The first-order chi connectivity index (χ1) is 17.8. The molecule has 3 heterocycles. The van der Waals surface area contributed by atoms with E-state index in [-0.39, 0.29) is 12.6 Å². The number of halogens is 3. The lowest BCUT2D eigenvalue weighted by Gasteiger charge is -2.44. The number of anilines is 1. The molecule has 3 aliphatic rings. The van der Waals surface area contributed by atoms with Crippen LogP contribution in [0.1, 0.15) is 36.3 Å². The molecule has 1 spiro atoms. The molecule has 10 heteroatoms. The lowest BCUT2D eigenvalue weighted by molar-refractivity contribution is -0.139. The maximum atomic E-state index is 13.9. The Hall–Kier alpha value is -2.82. The van der Waals surface area contributed by atoms with Gasteiger partial charge in [-0.1, -0.05) is 24.3 Å². The van der Waals surface area contributed by atoms with E-state index in [2.05, 4.69) is 23.0 Å². The smallest absolute Gasteiger partial charge is 0.390 e. The molecule has 7 nitrogen and oxygen atoms in total. The predicted octanol–water partition coefficient (Wildman–Crippen LogP) is 4.12. The number of likely N-dealkylation sites (tertiary alicyclic amines) is 1. The van der Waals surface area contributed by atoms with Crippen LogP contribution in [-0.2, 0) is 6.54 Å². The van der Waals surface area contributed by atoms with E-state index in [1.807, 2.05) is 51.1 Å². The van der Waals surface area contributed by atoms with Crippen molar-refractivity contribution in [3.8, 4) is 5.75 Å². The van der Waals surface area contributed by atoms with E-state index in [9.17, 15) is 18.0 Å². The number of methoxy groups -OCH3 is 1. The van der Waals surface area contributed by atoms with Gasteiger partial charge in [-0.05, 0) is 48.2 Å². The monoisotopic (exact) mass is 517 g/mol. The van der Waals surface area contributed by atoms with Crippen LogP contribution in [-0.4, -0.2) is 73.9 Å². The highest BCUT2D eigenvalue weighted by atomic mass is 19.4. The summed E-state index contributed by atoms with van der Waals surface area (Å²) in [6, 6.07) is 15.8. The van der Waals surface area contributed by atoms with Crippen LogP contribution in [0, 0.1) is 0 Å². The predicted molar refractivity (Wildman–Crippen MR) is 136 cm³/mol. The molecule has 2 N–H and O–H groups in total. The molecule has 0 unspecified atom stereocenters. The van der Waals surface area contributed by atoms with E-state index >= 15 is 0 Å². The molecular formula is C27H34F3N5O2. The number of alkyl halides is 3. The summed E-state index contributed by atoms with van der Waals surface area (Å²) in [6.45, 7) is 3.74. The van der Waals surface area contributed by atoms with Crippen LogP contribution >= 0.6 is 0 Å². The summed E-state index contributed by atoms with van der Waals surface area (Å²) in [5.74, 6) is 1.11. The Bertz CT molecular complexity index is 1080. The molecule has 3 saturated heterocycles. The summed E-state index contributed by atoms with van der Waals surface area (Å²) in [6.07, 6.45) is -3.70. The zero-order chi connectivity index (χ0) is 26.0. The molecule has 0 bridgehead atoms. The third-order valence-electron chi connectivity index (χ3n) is 7.96. The molecule has 2 aromatic carbocycles. The largest absolute Gasteiger partial charge is 0.497 e. The molecule has 0 atom stereocenters. The van der Waals surface area contributed by atoms with E-state index in [1.54, 1.807) is 7.11 Å². The molecule has 3 aliphatic heterocycles. The van der Waals surface area contributed by atoms with Crippen molar-refractivity contribution in [3.63, 3.8) is 0 Å². The minimum atomic E-state index is -4.16. The minimum absolute atomic E-state index is 0.000528. The highest BCUT2D eigenvalue weighted by molar-refractivity contribution is 5.95. The van der Waals surface area contributed by atoms with E-state index in [0.29, 0.717) is 44.9 Å². The maximum absolute atomic E-state index is 13.9. The summed E-state index contributed by atoms with van der Waals surface area (Å²) in [5.41, 5.74) is 8.88. The second-order valence-corrected chi connectivity index (χ2v) is 10.3. The number of ether oxygens (including phenoxy) is 1. The highest BCUT2D eigenvalue weighted by Gasteiger charge is 2.51. The number of nitrogens with zero attached hydrogens (tertiary/aromatic N) is 3. The molecule has 200 valence electrons. The number of hydrogen-bond donors (Lipinski definition) is 2. The molecule has 0 aliphatic carbocycles. The maximum Gasteiger partial charge on any atom is 0.390 e. The number of hydrazine groups is 1. The Kier molecular flexibility index (Phi) is 7.33. The Morgan fingerprint density at radius 2 is 1.76 bits per heavy atom. The van der Waals surface area contributed by atoms with Crippen LogP contribution in [0.2, 0.25) is 0 Å². The highest BCUT2D eigenvalue weighted by Crippen LogP contribution is 2.40. The topological polar surface area (TPSA) is 60.1 Å². The Morgan fingerprint density at radius 3 is 2.41 bits per heavy atom. The van der Waals surface area contributed by atoms with Gasteiger partial charge in [0.2, 0.25) is 0 Å². The molecule has 5 rings (SSSR count). The number of rotatable bonds is 7. The first kappa shape index (κ1) is 25.8. The van der Waals surface area contributed by atoms with Gasteiger partial charge in [0.25, 0.3) is 0 Å². The normalized spacial score (nSPS) is 20.8. The minimum Gasteiger partial charge on any atom is -0.497 e. The first-order valence-corrected chi connectivity index (χ1v) is 12.8. The first-order valence-electron chi connectivity index (χ1n) is 12.8. The zero-order valence-corrected chi connectivity index (χ0v) is 21.1. The fraction of sp³-hybridized carbons (Fsp3) is 0.519. The molecule has 0 saturated carbocycles. The summed E-state index contributed by atoms with van der Waals surface area (Å²) in [7, 11) is 1.61. The van der Waals surface area contributed by atoms with Gasteiger partial charge < -0.3 is 14.5 Å². The number of carbonyl (C=O) groups is 1. The van der Waals surface area contributed by atoms with Gasteiger partial charge >= 0.3 is 12.2 Å². The van der Waals surface area contributed by atoms with Crippen molar-refractivity contribution in [2.24, 2.45) is 0 Å². The molecular weight excluding hydrogens is 483 g/mol. The SMILES string of the molecule is COc1cccc(CN2C(=O)N(c3ccc(C4CNNC4)cc3)CC23CCN(CCC(F)(F)F)CC3)c1. The van der Waals surface area contributed by atoms with Gasteiger partial charge in [0.05, 0.1) is 25.6 Å². The molecule has 2 aromatic rings. The van der Waals surface area contributed by atoms with Crippen molar-refractivity contribution in [2.45, 2.75) is 43.4 Å². The number of carbonyl (C=O) groups excluding carboxylic acids is 1. The summed E-state index contributed by atoms with van der Waals surface area (Å²) >= 11 is 0. The van der Waals surface area contributed by atoms with Crippen molar-refractivity contribution in [1.29, 1.82) is 0 Å². The van der Waals surface area contributed by atoms with Gasteiger partial charge in [0.1, 0.15) is 5.75 Å². The summed E-state index contributed by atoms with van der Waals surface area (Å²) in [4.78, 5) is 19.5. The molecule has 3 fully saturated rings. The van der Waals surface area contributed by atoms with Crippen LogP contribution in [0.5, 0.6) is 5.75 Å². The number of amides is 2. The fourth-order valence-electron chi connectivity index (χ4n) is 5.72. The summed E-state index contributed by atoms with van der Waals surface area (Å²) in [5, 5.41) is 0. The molecule has 0 radical (unpaired) electrons. The molecule has 2 amide bonds. The van der Waals surface area contributed by atoms with Crippen LogP contribution in [0.4, 0.5) is 23.7 Å². The quantitative estimate of drug-likeness (QED) is 0.579. The van der Waals surface area contributed by atoms with Crippen molar-refractivity contribution in [2.75, 3.05) is 51.3 Å². The van der Waals surface area contributed by atoms with Crippen molar-refractivity contribution in [3.05, 3.63) is 59.7 Å². The second kappa shape index (κ2) is 10.5. The number of urea groups is 1. The van der Waals surface area contributed by atoms with E-state index in [1.165, 1.54) is 5.56 Å². The lowest BCUT2D eigenvalue weighted by atomic mass is 9.86. The van der Waals surface area contributed by atoms with E-state index in [4.69, 9.17) is 4.74 Å². The van der Waals surface area contributed by atoms with Gasteiger partial charge in [-0.15, -0.1) is 0 Å². The summed E-state index contributed by atoms with van der Waals surface area (Å²) < 4.78 is 43.7. The Labute approximate surface area is 215 Å². The standard InChI is InChI=1S/C27H34F3N5O2/c1-37-24-4-2-3-20(15-24)18-35-25(36)34(23-7-5-21(6-8-23)22-16-31-32-17-22)19-26(35)9-12-33(13-10-26)14-11-27(28,29)30/h2-8,15,22,31-32H,9-14,16-19H2,1H3. The van der Waals surface area contributed by atoms with Gasteiger partial charge in [0, 0.05) is 50.9 Å². The zero-order valence-electron chi connectivity index (χ0n) is 21.1. The van der Waals surface area contributed by atoms with Crippen LogP contribution < -0.4 is 20.5 Å². The number of hydrogen-bond acceptors (Lipinski definition) is 5. The van der Waals surface area contributed by atoms with Gasteiger partial charge in [-0.3, -0.25) is 15.8 Å². The molecule has 37 heavy (non-hydrogen) atoms. The Balaban J connectivity index is 1.36. The van der Waals surface area contributed by atoms with Gasteiger partial charge in [0.15, 0.2) is 0 Å². The fourth-order valence-corrected chi connectivity index (χ4v) is 5.72. The van der Waals surface area contributed by atoms with Crippen molar-refractivity contribution >= 4 is 11.7 Å². The van der Waals surface area contributed by atoms with Crippen molar-refractivity contribution in [1.82, 2.24) is 20.7 Å². The number of benzene rings is 2.